The fourth-order valence-corrected chi connectivity index (χ4v) is 2.40. The molecule has 0 fully saturated rings. The van der Waals surface area contributed by atoms with Gasteiger partial charge in [-0.15, -0.1) is 0 Å². The van der Waals surface area contributed by atoms with Gasteiger partial charge < -0.3 is 5.11 Å². The Balaban J connectivity index is 2.57. The Labute approximate surface area is 122 Å². The number of carbonyl (C=O) groups is 2. The third-order valence-corrected chi connectivity index (χ3v) is 3.34. The Morgan fingerprint density at radius 2 is 1.95 bits per heavy atom. The molecule has 4 heteroatoms. The van der Waals surface area contributed by atoms with Gasteiger partial charge >= 0.3 is 5.97 Å². The van der Waals surface area contributed by atoms with Crippen LogP contribution < -0.4 is 0 Å². The van der Waals surface area contributed by atoms with Gasteiger partial charge in [-0.25, -0.2) is 4.79 Å². The maximum atomic E-state index is 11.4. The summed E-state index contributed by atoms with van der Waals surface area (Å²) in [6.45, 7) is 0. The summed E-state index contributed by atoms with van der Waals surface area (Å²) in [4.78, 5) is 22.4. The number of benzene rings is 2. The van der Waals surface area contributed by atoms with E-state index in [9.17, 15) is 9.59 Å². The van der Waals surface area contributed by atoms with Crippen LogP contribution in [0.5, 0.6) is 0 Å². The zero-order valence-corrected chi connectivity index (χ0v) is 11.6. The number of carbonyl (C=O) groups excluding carboxylic acids is 1. The van der Waals surface area contributed by atoms with Gasteiger partial charge in [-0.05, 0) is 41.0 Å². The summed E-state index contributed by atoms with van der Waals surface area (Å²) in [6.07, 6.45) is 1.52. The van der Waals surface area contributed by atoms with Crippen LogP contribution in [0.4, 0.5) is 0 Å². The van der Waals surface area contributed by atoms with Gasteiger partial charge in [-0.1, -0.05) is 30.3 Å². The second-order valence-electron chi connectivity index (χ2n) is 4.36. The maximum Gasteiger partial charge on any atom is 0.335 e. The van der Waals surface area contributed by atoms with Crippen LogP contribution >= 0.6 is 12.6 Å². The Kier molecular flexibility index (Phi) is 4.58. The second-order valence-corrected chi connectivity index (χ2v) is 4.80. The molecular formula is C16H14O3S. The molecule has 20 heavy (non-hydrogen) atoms. The first-order valence-corrected chi connectivity index (χ1v) is 6.82. The molecule has 0 aromatic heterocycles. The lowest BCUT2D eigenvalue weighted by atomic mass is 9.94. The highest BCUT2D eigenvalue weighted by molar-refractivity contribution is 7.80. The quantitative estimate of drug-likeness (QED) is 0.654. The molecule has 0 aliphatic carbocycles. The lowest BCUT2D eigenvalue weighted by Gasteiger charge is -2.10. The van der Waals surface area contributed by atoms with Crippen molar-refractivity contribution in [3.05, 3.63) is 59.2 Å². The van der Waals surface area contributed by atoms with Gasteiger partial charge in [-0.2, -0.15) is 12.6 Å². The van der Waals surface area contributed by atoms with Crippen LogP contribution in [0.15, 0.2) is 42.5 Å². The molecule has 0 spiro atoms. The third-order valence-electron chi connectivity index (χ3n) is 3.12. The number of aryl methyl sites for hydroxylation is 1. The topological polar surface area (TPSA) is 54.4 Å². The Morgan fingerprint density at radius 1 is 1.20 bits per heavy atom. The Hall–Kier alpha value is -2.07. The minimum atomic E-state index is -0.981. The van der Waals surface area contributed by atoms with E-state index in [0.29, 0.717) is 17.7 Å². The van der Waals surface area contributed by atoms with E-state index in [-0.39, 0.29) is 5.56 Å². The number of aromatic carboxylic acids is 1. The SMILES string of the molecule is O=Cc1c(CCS)cccc1-c1cccc(C(=O)O)c1. The molecule has 2 rings (SSSR count). The number of carboxylic acids is 1. The molecule has 0 saturated carbocycles. The number of thiol groups is 1. The lowest BCUT2D eigenvalue weighted by Crippen LogP contribution is -1.99. The molecule has 0 heterocycles. The summed E-state index contributed by atoms with van der Waals surface area (Å²) in [5, 5.41) is 9.04. The van der Waals surface area contributed by atoms with E-state index in [1.54, 1.807) is 18.2 Å². The summed E-state index contributed by atoms with van der Waals surface area (Å²) in [7, 11) is 0. The Morgan fingerprint density at radius 3 is 2.60 bits per heavy atom. The molecule has 0 radical (unpaired) electrons. The van der Waals surface area contributed by atoms with Crippen LogP contribution in [0.25, 0.3) is 11.1 Å². The standard InChI is InChI=1S/C16H14O3S/c17-10-15-11(7-8-20)3-2-6-14(15)12-4-1-5-13(9-12)16(18)19/h1-6,9-10,20H,7-8H2,(H,18,19). The number of aldehydes is 1. The van der Waals surface area contributed by atoms with Crippen LogP contribution in [0.2, 0.25) is 0 Å². The molecule has 2 aromatic rings. The monoisotopic (exact) mass is 286 g/mol. The van der Waals surface area contributed by atoms with E-state index in [4.69, 9.17) is 5.11 Å². The summed E-state index contributed by atoms with van der Waals surface area (Å²) < 4.78 is 0. The highest BCUT2D eigenvalue weighted by Crippen LogP contribution is 2.26. The van der Waals surface area contributed by atoms with Gasteiger partial charge in [0, 0.05) is 5.56 Å². The van der Waals surface area contributed by atoms with E-state index in [1.165, 1.54) is 6.07 Å². The van der Waals surface area contributed by atoms with E-state index in [1.807, 2.05) is 18.2 Å². The number of hydrogen-bond acceptors (Lipinski definition) is 3. The van der Waals surface area contributed by atoms with Crippen LogP contribution in [-0.4, -0.2) is 23.1 Å². The minimum Gasteiger partial charge on any atom is -0.478 e. The molecule has 0 aliphatic rings. The van der Waals surface area contributed by atoms with Gasteiger partial charge in [0.05, 0.1) is 5.56 Å². The van der Waals surface area contributed by atoms with Crippen molar-refractivity contribution in [2.75, 3.05) is 5.75 Å². The lowest BCUT2D eigenvalue weighted by molar-refractivity contribution is 0.0697. The molecule has 1 N–H and O–H groups in total. The van der Waals surface area contributed by atoms with E-state index in [2.05, 4.69) is 12.6 Å². The minimum absolute atomic E-state index is 0.207. The largest absolute Gasteiger partial charge is 0.478 e. The van der Waals surface area contributed by atoms with Gasteiger partial charge in [0.15, 0.2) is 6.29 Å². The van der Waals surface area contributed by atoms with E-state index in [0.717, 1.165) is 23.0 Å². The first-order valence-electron chi connectivity index (χ1n) is 6.19. The zero-order valence-electron chi connectivity index (χ0n) is 10.7. The van der Waals surface area contributed by atoms with Crippen LogP contribution in [0.3, 0.4) is 0 Å². The van der Waals surface area contributed by atoms with Crippen molar-refractivity contribution in [2.24, 2.45) is 0 Å². The molecule has 0 atom stereocenters. The van der Waals surface area contributed by atoms with E-state index >= 15 is 0 Å². The molecule has 0 amide bonds. The smallest absolute Gasteiger partial charge is 0.335 e. The summed E-state index contributed by atoms with van der Waals surface area (Å²) >= 11 is 4.19. The van der Waals surface area contributed by atoms with E-state index < -0.39 is 5.97 Å². The molecule has 102 valence electrons. The number of hydrogen-bond donors (Lipinski definition) is 2. The summed E-state index contributed by atoms with van der Waals surface area (Å²) in [6, 6.07) is 12.2. The average Bonchev–Trinajstić information content (AvgIpc) is 2.47. The van der Waals surface area contributed by atoms with Crippen molar-refractivity contribution < 1.29 is 14.7 Å². The van der Waals surface area contributed by atoms with Crippen molar-refractivity contribution in [1.29, 1.82) is 0 Å². The fourth-order valence-electron chi connectivity index (χ4n) is 2.16. The van der Waals surface area contributed by atoms with Gasteiger partial charge in [-0.3, -0.25) is 4.79 Å². The zero-order chi connectivity index (χ0) is 14.5. The van der Waals surface area contributed by atoms with Crippen molar-refractivity contribution in [2.45, 2.75) is 6.42 Å². The van der Waals surface area contributed by atoms with Crippen molar-refractivity contribution in [1.82, 2.24) is 0 Å². The average molecular weight is 286 g/mol. The normalized spacial score (nSPS) is 10.2. The highest BCUT2D eigenvalue weighted by Gasteiger charge is 2.11. The maximum absolute atomic E-state index is 11.4. The van der Waals surface area contributed by atoms with Gasteiger partial charge in [0.25, 0.3) is 0 Å². The molecule has 2 aromatic carbocycles. The Bertz CT molecular complexity index is 650. The first kappa shape index (κ1) is 14.3. The molecule has 0 bridgehead atoms. The van der Waals surface area contributed by atoms with Crippen molar-refractivity contribution >= 4 is 24.9 Å². The number of rotatable bonds is 5. The number of carboxylic acid groups (broad SMARTS) is 1. The second kappa shape index (κ2) is 6.39. The van der Waals surface area contributed by atoms with Crippen molar-refractivity contribution in [3.8, 4) is 11.1 Å². The highest BCUT2D eigenvalue weighted by atomic mass is 32.1. The van der Waals surface area contributed by atoms with Crippen LogP contribution in [-0.2, 0) is 6.42 Å². The van der Waals surface area contributed by atoms with Gasteiger partial charge in [0.1, 0.15) is 0 Å². The van der Waals surface area contributed by atoms with Crippen molar-refractivity contribution in [3.63, 3.8) is 0 Å². The van der Waals surface area contributed by atoms with Crippen LogP contribution in [0.1, 0.15) is 26.3 Å². The molecule has 0 saturated heterocycles. The van der Waals surface area contributed by atoms with Crippen LogP contribution in [0, 0.1) is 0 Å². The third kappa shape index (κ3) is 2.91. The molecule has 0 unspecified atom stereocenters. The fraction of sp³-hybridized carbons (Fsp3) is 0.125. The first-order chi connectivity index (χ1) is 9.67. The molecular weight excluding hydrogens is 272 g/mol. The predicted molar refractivity (Wildman–Crippen MR) is 81.8 cm³/mol. The molecule has 0 aliphatic heterocycles. The molecule has 3 nitrogen and oxygen atoms in total. The predicted octanol–water partition coefficient (Wildman–Crippen LogP) is 3.34. The van der Waals surface area contributed by atoms with Gasteiger partial charge in [0.2, 0.25) is 0 Å². The summed E-state index contributed by atoms with van der Waals surface area (Å²) in [5.41, 5.74) is 3.21. The summed E-state index contributed by atoms with van der Waals surface area (Å²) in [5.74, 6) is -0.328.